The second-order valence-corrected chi connectivity index (χ2v) is 6.58. The van der Waals surface area contributed by atoms with Gasteiger partial charge in [0.15, 0.2) is 9.84 Å². The van der Waals surface area contributed by atoms with Crippen LogP contribution in [0.25, 0.3) is 10.9 Å². The van der Waals surface area contributed by atoms with Gasteiger partial charge < -0.3 is 4.57 Å². The maximum atomic E-state index is 11.4. The molecule has 0 fully saturated rings. The number of benzene rings is 1. The third kappa shape index (κ3) is 1.85. The number of hydrogen-bond acceptors (Lipinski definition) is 3. The SMILES string of the molecule is CSc1cc2ccc(S(C)(=O)=O)cc2n1C. The van der Waals surface area contributed by atoms with E-state index < -0.39 is 9.84 Å². The van der Waals surface area contributed by atoms with E-state index in [1.807, 2.05) is 23.9 Å². The number of aryl methyl sites for hydroxylation is 1. The van der Waals surface area contributed by atoms with Gasteiger partial charge in [-0.25, -0.2) is 8.42 Å². The molecule has 1 aromatic heterocycles. The van der Waals surface area contributed by atoms with Crippen molar-refractivity contribution in [1.29, 1.82) is 0 Å². The maximum absolute atomic E-state index is 11.4. The Kier molecular flexibility index (Phi) is 2.75. The Morgan fingerprint density at radius 2 is 1.94 bits per heavy atom. The zero-order chi connectivity index (χ0) is 11.9. The van der Waals surface area contributed by atoms with E-state index in [-0.39, 0.29) is 0 Å². The van der Waals surface area contributed by atoms with Gasteiger partial charge in [-0.05, 0) is 24.5 Å². The van der Waals surface area contributed by atoms with Gasteiger partial charge in [0, 0.05) is 24.2 Å². The molecule has 0 aliphatic carbocycles. The minimum absolute atomic E-state index is 0.369. The Morgan fingerprint density at radius 1 is 1.25 bits per heavy atom. The van der Waals surface area contributed by atoms with Crippen molar-refractivity contribution in [2.75, 3.05) is 12.5 Å². The highest BCUT2D eigenvalue weighted by atomic mass is 32.2. The fourth-order valence-corrected chi connectivity index (χ4v) is 2.97. The van der Waals surface area contributed by atoms with Crippen molar-refractivity contribution in [2.24, 2.45) is 7.05 Å². The minimum Gasteiger partial charge on any atom is -0.339 e. The predicted molar refractivity (Wildman–Crippen MR) is 67.8 cm³/mol. The molecule has 3 nitrogen and oxygen atoms in total. The van der Waals surface area contributed by atoms with Gasteiger partial charge in [0.2, 0.25) is 0 Å². The van der Waals surface area contributed by atoms with Crippen molar-refractivity contribution in [3.63, 3.8) is 0 Å². The normalized spacial score (nSPS) is 12.2. The summed E-state index contributed by atoms with van der Waals surface area (Å²) in [6, 6.07) is 7.30. The fourth-order valence-electron chi connectivity index (χ4n) is 1.71. The van der Waals surface area contributed by atoms with Crippen molar-refractivity contribution in [1.82, 2.24) is 4.57 Å². The number of hydrogen-bond donors (Lipinski definition) is 0. The summed E-state index contributed by atoms with van der Waals surface area (Å²) in [5, 5.41) is 2.19. The average molecular weight is 255 g/mol. The van der Waals surface area contributed by atoms with Gasteiger partial charge in [-0.3, -0.25) is 0 Å². The summed E-state index contributed by atoms with van der Waals surface area (Å²) in [6.45, 7) is 0. The molecule has 0 atom stereocenters. The molecule has 0 unspecified atom stereocenters. The first-order valence-corrected chi connectivity index (χ1v) is 7.88. The molecule has 1 aromatic carbocycles. The fraction of sp³-hybridized carbons (Fsp3) is 0.273. The summed E-state index contributed by atoms with van der Waals surface area (Å²) in [5.74, 6) is 0. The summed E-state index contributed by atoms with van der Waals surface area (Å²) >= 11 is 1.65. The van der Waals surface area contributed by atoms with Crippen molar-refractivity contribution in [2.45, 2.75) is 9.92 Å². The predicted octanol–water partition coefficient (Wildman–Crippen LogP) is 2.30. The Hall–Kier alpha value is -0.940. The zero-order valence-corrected chi connectivity index (χ0v) is 11.0. The molecule has 0 saturated heterocycles. The van der Waals surface area contributed by atoms with Crippen LogP contribution in [0.3, 0.4) is 0 Å². The van der Waals surface area contributed by atoms with Crippen LogP contribution in [0.5, 0.6) is 0 Å². The number of fused-ring (bicyclic) bond motifs is 1. The third-order valence-electron chi connectivity index (χ3n) is 2.61. The number of nitrogens with zero attached hydrogens (tertiary/aromatic N) is 1. The highest BCUT2D eigenvalue weighted by molar-refractivity contribution is 7.98. The highest BCUT2D eigenvalue weighted by Gasteiger charge is 2.10. The molecule has 0 spiro atoms. The monoisotopic (exact) mass is 255 g/mol. The molecule has 0 aliphatic heterocycles. The van der Waals surface area contributed by atoms with Gasteiger partial charge in [0.1, 0.15) is 0 Å². The van der Waals surface area contributed by atoms with Crippen LogP contribution in [0, 0.1) is 0 Å². The summed E-state index contributed by atoms with van der Waals surface area (Å²) in [4.78, 5) is 0.369. The number of rotatable bonds is 2. The van der Waals surface area contributed by atoms with Crippen LogP contribution in [0.2, 0.25) is 0 Å². The van der Waals surface area contributed by atoms with Gasteiger partial charge in [0.25, 0.3) is 0 Å². The largest absolute Gasteiger partial charge is 0.339 e. The topological polar surface area (TPSA) is 39.1 Å². The lowest BCUT2D eigenvalue weighted by Crippen LogP contribution is -1.97. The highest BCUT2D eigenvalue weighted by Crippen LogP contribution is 2.26. The van der Waals surface area contributed by atoms with Crippen molar-refractivity contribution in [3.8, 4) is 0 Å². The van der Waals surface area contributed by atoms with Crippen LogP contribution in [0.1, 0.15) is 0 Å². The van der Waals surface area contributed by atoms with Crippen LogP contribution < -0.4 is 0 Å². The summed E-state index contributed by atoms with van der Waals surface area (Å²) in [7, 11) is -1.18. The molecule has 0 amide bonds. The lowest BCUT2D eigenvalue weighted by Gasteiger charge is -2.02. The van der Waals surface area contributed by atoms with E-state index in [1.165, 1.54) is 6.26 Å². The van der Waals surface area contributed by atoms with Crippen molar-refractivity contribution in [3.05, 3.63) is 24.3 Å². The van der Waals surface area contributed by atoms with Gasteiger partial charge in [-0.15, -0.1) is 11.8 Å². The first-order chi connectivity index (χ1) is 7.43. The first-order valence-electron chi connectivity index (χ1n) is 4.77. The molecule has 2 rings (SSSR count). The lowest BCUT2D eigenvalue weighted by atomic mass is 10.2. The van der Waals surface area contributed by atoms with Crippen LogP contribution in [-0.2, 0) is 16.9 Å². The number of thioether (sulfide) groups is 1. The zero-order valence-electron chi connectivity index (χ0n) is 9.39. The molecular weight excluding hydrogens is 242 g/mol. The summed E-state index contributed by atoms with van der Waals surface area (Å²) in [5.41, 5.74) is 0.951. The second-order valence-electron chi connectivity index (χ2n) is 3.74. The summed E-state index contributed by atoms with van der Waals surface area (Å²) in [6.07, 6.45) is 3.23. The van der Waals surface area contributed by atoms with E-state index in [0.717, 1.165) is 15.9 Å². The molecule has 2 aromatic rings. The Balaban J connectivity index is 2.75. The van der Waals surface area contributed by atoms with Crippen LogP contribution in [0.15, 0.2) is 34.2 Å². The van der Waals surface area contributed by atoms with Gasteiger partial charge in [-0.1, -0.05) is 6.07 Å². The first kappa shape index (κ1) is 11.5. The van der Waals surface area contributed by atoms with Crippen molar-refractivity contribution < 1.29 is 8.42 Å². The molecule has 0 aliphatic rings. The number of aromatic nitrogens is 1. The van der Waals surface area contributed by atoms with Crippen LogP contribution >= 0.6 is 11.8 Å². The Morgan fingerprint density at radius 3 is 2.50 bits per heavy atom. The molecule has 0 bridgehead atoms. The second kappa shape index (κ2) is 3.82. The smallest absolute Gasteiger partial charge is 0.175 e. The Labute approximate surface area is 99.4 Å². The third-order valence-corrected chi connectivity index (χ3v) is 4.53. The number of sulfone groups is 1. The standard InChI is InChI=1S/C11H13NO2S2/c1-12-10-7-9(16(3,13)14)5-4-8(10)6-11(12)15-2/h4-7H,1-3H3. The van der Waals surface area contributed by atoms with Gasteiger partial charge in [-0.2, -0.15) is 0 Å². The van der Waals surface area contributed by atoms with Crippen molar-refractivity contribution >= 4 is 32.5 Å². The van der Waals surface area contributed by atoms with E-state index in [1.54, 1.807) is 23.9 Å². The molecule has 5 heteroatoms. The van der Waals surface area contributed by atoms with E-state index >= 15 is 0 Å². The molecule has 16 heavy (non-hydrogen) atoms. The lowest BCUT2D eigenvalue weighted by molar-refractivity contribution is 0.602. The molecule has 86 valence electrons. The van der Waals surface area contributed by atoms with E-state index in [9.17, 15) is 8.42 Å². The average Bonchev–Trinajstić information content (AvgIpc) is 2.54. The summed E-state index contributed by atoms with van der Waals surface area (Å²) < 4.78 is 24.9. The molecule has 1 heterocycles. The maximum Gasteiger partial charge on any atom is 0.175 e. The quantitative estimate of drug-likeness (QED) is 0.773. The van der Waals surface area contributed by atoms with E-state index in [2.05, 4.69) is 6.07 Å². The molecular formula is C11H13NO2S2. The molecule has 0 N–H and O–H groups in total. The minimum atomic E-state index is -3.13. The van der Waals surface area contributed by atoms with E-state index in [0.29, 0.717) is 4.90 Å². The van der Waals surface area contributed by atoms with Crippen LogP contribution in [-0.4, -0.2) is 25.5 Å². The molecule has 0 radical (unpaired) electrons. The van der Waals surface area contributed by atoms with Gasteiger partial charge in [0.05, 0.1) is 9.92 Å². The van der Waals surface area contributed by atoms with Crippen LogP contribution in [0.4, 0.5) is 0 Å². The van der Waals surface area contributed by atoms with Gasteiger partial charge >= 0.3 is 0 Å². The molecule has 0 saturated carbocycles. The Bertz CT molecular complexity index is 641. The van der Waals surface area contributed by atoms with E-state index in [4.69, 9.17) is 0 Å².